The van der Waals surface area contributed by atoms with Crippen molar-refractivity contribution in [3.63, 3.8) is 0 Å². The van der Waals surface area contributed by atoms with Crippen LogP contribution in [0.1, 0.15) is 303 Å². The summed E-state index contributed by atoms with van der Waals surface area (Å²) in [5, 5.41) is 23.2. The number of hydrogen-bond donors (Lipinski definition) is 3. The average molecular weight is 862 g/mol. The topological polar surface area (TPSA) is 95.9 Å². The van der Waals surface area contributed by atoms with E-state index in [-0.39, 0.29) is 18.5 Å². The molecule has 2 atom stereocenters. The van der Waals surface area contributed by atoms with Gasteiger partial charge in [0, 0.05) is 12.8 Å². The normalized spacial score (nSPS) is 12.7. The van der Waals surface area contributed by atoms with Gasteiger partial charge >= 0.3 is 5.97 Å². The zero-order valence-corrected chi connectivity index (χ0v) is 41.2. The van der Waals surface area contributed by atoms with E-state index in [2.05, 4.69) is 31.3 Å². The summed E-state index contributed by atoms with van der Waals surface area (Å²) in [4.78, 5) is 24.5. The van der Waals surface area contributed by atoms with Gasteiger partial charge in [-0.2, -0.15) is 0 Å². The molecule has 6 nitrogen and oxygen atoms in total. The second-order valence-electron chi connectivity index (χ2n) is 18.9. The minimum atomic E-state index is -0.668. The van der Waals surface area contributed by atoms with Gasteiger partial charge in [-0.05, 0) is 51.4 Å². The smallest absolute Gasteiger partial charge is 0.305 e. The van der Waals surface area contributed by atoms with Gasteiger partial charge in [0.2, 0.25) is 5.91 Å². The fraction of sp³-hybridized carbons (Fsp3) is 0.927. The number of aliphatic hydroxyl groups excluding tert-OH is 2. The number of esters is 1. The summed E-state index contributed by atoms with van der Waals surface area (Å²) in [5.74, 6) is -0.0492. The number of amides is 1. The van der Waals surface area contributed by atoms with Crippen molar-refractivity contribution in [3.8, 4) is 0 Å². The summed E-state index contributed by atoms with van der Waals surface area (Å²) in [5.41, 5.74) is 0. The van der Waals surface area contributed by atoms with Crippen LogP contribution in [0, 0.1) is 0 Å². The highest BCUT2D eigenvalue weighted by Gasteiger charge is 2.20. The molecule has 0 aliphatic carbocycles. The van der Waals surface area contributed by atoms with Crippen molar-refractivity contribution >= 4 is 11.9 Å². The number of nitrogens with one attached hydrogen (secondary N) is 1. The summed E-state index contributed by atoms with van der Waals surface area (Å²) in [7, 11) is 0. The molecular weight excluding hydrogens is 755 g/mol. The molecule has 0 aromatic heterocycles. The van der Waals surface area contributed by atoms with Crippen molar-refractivity contribution in [2.24, 2.45) is 0 Å². The maximum absolute atomic E-state index is 12.4. The van der Waals surface area contributed by atoms with Gasteiger partial charge in [-0.15, -0.1) is 0 Å². The summed E-state index contributed by atoms with van der Waals surface area (Å²) >= 11 is 0. The lowest BCUT2D eigenvalue weighted by atomic mass is 10.0. The Morgan fingerprint density at radius 1 is 0.443 bits per heavy atom. The summed E-state index contributed by atoms with van der Waals surface area (Å²) < 4.78 is 5.47. The molecule has 0 saturated carbocycles. The van der Waals surface area contributed by atoms with Crippen LogP contribution < -0.4 is 5.32 Å². The van der Waals surface area contributed by atoms with Crippen LogP contribution in [0.4, 0.5) is 0 Å². The third kappa shape index (κ3) is 47.9. The number of allylic oxidation sites excluding steroid dienone is 2. The average Bonchev–Trinajstić information content (AvgIpc) is 3.26. The van der Waals surface area contributed by atoms with Gasteiger partial charge in [0.05, 0.1) is 25.4 Å². The predicted octanol–water partition coefficient (Wildman–Crippen LogP) is 16.5. The van der Waals surface area contributed by atoms with Crippen molar-refractivity contribution in [3.05, 3.63) is 12.2 Å². The van der Waals surface area contributed by atoms with E-state index < -0.39 is 12.1 Å². The zero-order valence-electron chi connectivity index (χ0n) is 41.2. The van der Waals surface area contributed by atoms with Crippen LogP contribution >= 0.6 is 0 Å². The molecular formula is C55H107NO5. The Morgan fingerprint density at radius 3 is 1.16 bits per heavy atom. The molecule has 0 spiro atoms. The van der Waals surface area contributed by atoms with Crippen LogP contribution in [0.2, 0.25) is 0 Å². The van der Waals surface area contributed by atoms with E-state index in [0.717, 1.165) is 51.4 Å². The largest absolute Gasteiger partial charge is 0.466 e. The lowest BCUT2D eigenvalue weighted by Crippen LogP contribution is -2.45. The maximum atomic E-state index is 12.4. The Labute approximate surface area is 380 Å². The van der Waals surface area contributed by atoms with Crippen molar-refractivity contribution in [2.45, 2.75) is 315 Å². The first-order chi connectivity index (χ1) is 30.0. The Hall–Kier alpha value is -1.40. The predicted molar refractivity (Wildman–Crippen MR) is 264 cm³/mol. The van der Waals surface area contributed by atoms with Crippen LogP contribution in [0.25, 0.3) is 0 Å². The Kier molecular flexibility index (Phi) is 50.1. The van der Waals surface area contributed by atoms with E-state index in [1.54, 1.807) is 0 Å². The molecule has 6 heteroatoms. The maximum Gasteiger partial charge on any atom is 0.305 e. The fourth-order valence-electron chi connectivity index (χ4n) is 8.58. The molecule has 3 N–H and O–H groups in total. The number of rotatable bonds is 51. The summed E-state index contributed by atoms with van der Waals surface area (Å²) in [6.07, 6.45) is 59.0. The van der Waals surface area contributed by atoms with Gasteiger partial charge in [-0.1, -0.05) is 251 Å². The molecule has 0 rings (SSSR count). The molecule has 0 bridgehead atoms. The first-order valence-corrected chi connectivity index (χ1v) is 27.4. The van der Waals surface area contributed by atoms with Gasteiger partial charge in [0.1, 0.15) is 0 Å². The minimum Gasteiger partial charge on any atom is -0.466 e. The zero-order chi connectivity index (χ0) is 44.4. The SMILES string of the molecule is CCCCCCCCC/C=C\CCCCCCCC(=O)OCCCCCCCCCCCCCCCCCC(=O)NC(CO)C(O)CCCCCCCCCCCCCCC. The van der Waals surface area contributed by atoms with Crippen LogP contribution in [0.5, 0.6) is 0 Å². The number of unbranched alkanes of at least 4 members (excludes halogenated alkanes) is 38. The Bertz CT molecular complexity index is 909. The molecule has 0 fully saturated rings. The Balaban J connectivity index is 3.42. The number of carbonyl (C=O) groups excluding carboxylic acids is 2. The number of carbonyl (C=O) groups is 2. The first-order valence-electron chi connectivity index (χ1n) is 27.4. The standard InChI is InChI=1S/C55H107NO5/c1-3-5-7-9-11-13-15-17-18-21-25-29-33-37-41-45-49-55(60)61-50-46-42-38-34-30-26-22-19-20-24-28-32-36-40-44-48-54(59)56-52(51-57)53(58)47-43-39-35-31-27-23-16-14-12-10-8-6-4-2/h18,21,52-53,57-58H,3-17,19-20,22-51H2,1-2H3,(H,56,59)/b21-18-. The number of ether oxygens (including phenoxy) is 1. The monoisotopic (exact) mass is 862 g/mol. The van der Waals surface area contributed by atoms with Crippen LogP contribution in [-0.4, -0.2) is 47.4 Å². The lowest BCUT2D eigenvalue weighted by Gasteiger charge is -2.22. The molecule has 0 aromatic carbocycles. The fourth-order valence-corrected chi connectivity index (χ4v) is 8.58. The van der Waals surface area contributed by atoms with E-state index in [1.165, 1.54) is 218 Å². The van der Waals surface area contributed by atoms with Crippen LogP contribution in [0.15, 0.2) is 12.2 Å². The highest BCUT2D eigenvalue weighted by molar-refractivity contribution is 5.76. The van der Waals surface area contributed by atoms with E-state index in [0.29, 0.717) is 25.9 Å². The highest BCUT2D eigenvalue weighted by atomic mass is 16.5. The summed E-state index contributed by atoms with van der Waals surface area (Å²) in [6.45, 7) is 4.94. The molecule has 0 aromatic rings. The molecule has 1 amide bonds. The number of hydrogen-bond acceptors (Lipinski definition) is 5. The van der Waals surface area contributed by atoms with Crippen molar-refractivity contribution < 1.29 is 24.5 Å². The molecule has 0 radical (unpaired) electrons. The summed E-state index contributed by atoms with van der Waals surface area (Å²) in [6, 6.07) is -0.546. The third-order valence-corrected chi connectivity index (χ3v) is 12.8. The molecule has 0 aliphatic heterocycles. The van der Waals surface area contributed by atoms with Gasteiger partial charge < -0.3 is 20.3 Å². The van der Waals surface area contributed by atoms with E-state index in [9.17, 15) is 19.8 Å². The quantitative estimate of drug-likeness (QED) is 0.0322. The van der Waals surface area contributed by atoms with E-state index in [4.69, 9.17) is 4.74 Å². The minimum absolute atomic E-state index is 0.00632. The first kappa shape index (κ1) is 59.6. The third-order valence-electron chi connectivity index (χ3n) is 12.8. The van der Waals surface area contributed by atoms with Gasteiger partial charge in [0.15, 0.2) is 0 Å². The van der Waals surface area contributed by atoms with Crippen molar-refractivity contribution in [1.29, 1.82) is 0 Å². The molecule has 0 aliphatic rings. The van der Waals surface area contributed by atoms with Gasteiger partial charge in [-0.25, -0.2) is 0 Å². The van der Waals surface area contributed by atoms with Crippen molar-refractivity contribution in [1.82, 2.24) is 5.32 Å². The van der Waals surface area contributed by atoms with Crippen molar-refractivity contribution in [2.75, 3.05) is 13.2 Å². The van der Waals surface area contributed by atoms with Crippen LogP contribution in [-0.2, 0) is 14.3 Å². The van der Waals surface area contributed by atoms with Crippen LogP contribution in [0.3, 0.4) is 0 Å². The van der Waals surface area contributed by atoms with Gasteiger partial charge in [-0.3, -0.25) is 9.59 Å². The molecule has 2 unspecified atom stereocenters. The van der Waals surface area contributed by atoms with Gasteiger partial charge in [0.25, 0.3) is 0 Å². The highest BCUT2D eigenvalue weighted by Crippen LogP contribution is 2.17. The Morgan fingerprint density at radius 2 is 0.770 bits per heavy atom. The molecule has 61 heavy (non-hydrogen) atoms. The second-order valence-corrected chi connectivity index (χ2v) is 18.9. The molecule has 362 valence electrons. The van der Waals surface area contributed by atoms with E-state index >= 15 is 0 Å². The van der Waals surface area contributed by atoms with E-state index in [1.807, 2.05) is 0 Å². The molecule has 0 saturated heterocycles. The lowest BCUT2D eigenvalue weighted by molar-refractivity contribution is -0.143. The molecule has 0 heterocycles. The number of aliphatic hydroxyl groups is 2. The second kappa shape index (κ2) is 51.2.